The van der Waals surface area contributed by atoms with Gasteiger partial charge in [0.2, 0.25) is 5.91 Å². The highest BCUT2D eigenvalue weighted by Crippen LogP contribution is 2.32. The van der Waals surface area contributed by atoms with E-state index in [1.165, 1.54) is 32.1 Å². The first kappa shape index (κ1) is 13.9. The van der Waals surface area contributed by atoms with Crippen molar-refractivity contribution in [3.8, 4) is 0 Å². The van der Waals surface area contributed by atoms with Gasteiger partial charge in [-0.2, -0.15) is 0 Å². The first-order valence-corrected chi connectivity index (χ1v) is 7.70. The van der Waals surface area contributed by atoms with E-state index >= 15 is 0 Å². The van der Waals surface area contributed by atoms with E-state index in [4.69, 9.17) is 0 Å². The summed E-state index contributed by atoms with van der Waals surface area (Å²) in [6.07, 6.45) is 12.7. The van der Waals surface area contributed by atoms with E-state index in [9.17, 15) is 9.90 Å². The van der Waals surface area contributed by atoms with Gasteiger partial charge in [0.05, 0.1) is 12.0 Å². The van der Waals surface area contributed by atoms with Gasteiger partial charge in [-0.05, 0) is 25.7 Å². The minimum Gasteiger partial charge on any atom is -0.389 e. The number of amides is 1. The van der Waals surface area contributed by atoms with Crippen molar-refractivity contribution in [2.24, 2.45) is 0 Å². The van der Waals surface area contributed by atoms with Crippen LogP contribution in [0.5, 0.6) is 0 Å². The fourth-order valence-electron chi connectivity index (χ4n) is 3.39. The quantitative estimate of drug-likeness (QED) is 0.812. The third-order valence-electron chi connectivity index (χ3n) is 4.49. The molecule has 2 rings (SSSR count). The molecule has 0 aromatic heterocycles. The molecule has 0 unspecified atom stereocenters. The Morgan fingerprint density at radius 2 is 1.56 bits per heavy atom. The first-order valence-electron chi connectivity index (χ1n) is 7.70. The molecule has 0 aromatic carbocycles. The van der Waals surface area contributed by atoms with Gasteiger partial charge in [0.15, 0.2) is 0 Å². The molecule has 0 saturated heterocycles. The van der Waals surface area contributed by atoms with Gasteiger partial charge in [-0.15, -0.1) is 0 Å². The molecule has 0 atom stereocenters. The summed E-state index contributed by atoms with van der Waals surface area (Å²) in [5.74, 6) is 0.0602. The van der Waals surface area contributed by atoms with Gasteiger partial charge in [-0.3, -0.25) is 4.79 Å². The van der Waals surface area contributed by atoms with Crippen molar-refractivity contribution in [1.29, 1.82) is 0 Å². The van der Waals surface area contributed by atoms with Crippen molar-refractivity contribution in [2.45, 2.75) is 88.7 Å². The van der Waals surface area contributed by atoms with Crippen LogP contribution in [0.1, 0.15) is 77.0 Å². The fourth-order valence-corrected chi connectivity index (χ4v) is 3.39. The number of carbonyl (C=O) groups excluding carboxylic acids is 1. The molecule has 0 spiro atoms. The summed E-state index contributed by atoms with van der Waals surface area (Å²) in [6.45, 7) is 0. The first-order chi connectivity index (χ1) is 8.68. The summed E-state index contributed by atoms with van der Waals surface area (Å²) >= 11 is 0. The van der Waals surface area contributed by atoms with Crippen molar-refractivity contribution in [2.75, 3.05) is 0 Å². The summed E-state index contributed by atoms with van der Waals surface area (Å²) in [4.78, 5) is 12.0. The Morgan fingerprint density at radius 1 is 1.00 bits per heavy atom. The van der Waals surface area contributed by atoms with Crippen LogP contribution in [0.25, 0.3) is 0 Å². The van der Waals surface area contributed by atoms with Gasteiger partial charge in [0.25, 0.3) is 0 Å². The van der Waals surface area contributed by atoms with Crippen LogP contribution in [0.15, 0.2) is 0 Å². The van der Waals surface area contributed by atoms with Gasteiger partial charge in [-0.25, -0.2) is 0 Å². The molecular formula is C15H27NO2. The molecule has 0 aromatic rings. The van der Waals surface area contributed by atoms with Crippen LogP contribution < -0.4 is 5.32 Å². The van der Waals surface area contributed by atoms with Gasteiger partial charge < -0.3 is 10.4 Å². The lowest BCUT2D eigenvalue weighted by molar-refractivity contribution is -0.126. The lowest BCUT2D eigenvalue weighted by atomic mass is 9.95. The third-order valence-corrected chi connectivity index (χ3v) is 4.49. The van der Waals surface area contributed by atoms with Crippen molar-refractivity contribution >= 4 is 5.91 Å². The topological polar surface area (TPSA) is 49.3 Å². The van der Waals surface area contributed by atoms with Crippen LogP contribution in [0.2, 0.25) is 0 Å². The minimum atomic E-state index is -0.703. The summed E-state index contributed by atoms with van der Waals surface area (Å²) in [7, 11) is 0. The maximum atomic E-state index is 12.0. The van der Waals surface area contributed by atoms with Crippen molar-refractivity contribution in [3.63, 3.8) is 0 Å². The van der Waals surface area contributed by atoms with Gasteiger partial charge in [0.1, 0.15) is 0 Å². The Labute approximate surface area is 110 Å². The average Bonchev–Trinajstić information content (AvgIpc) is 2.68. The molecule has 0 aliphatic heterocycles. The second kappa shape index (κ2) is 6.55. The zero-order chi connectivity index (χ0) is 12.8. The highest BCUT2D eigenvalue weighted by atomic mass is 16.3. The molecule has 2 N–H and O–H groups in total. The number of hydrogen-bond acceptors (Lipinski definition) is 2. The highest BCUT2D eigenvalue weighted by molar-refractivity contribution is 5.77. The number of aliphatic hydroxyl groups is 1. The zero-order valence-electron chi connectivity index (χ0n) is 11.4. The van der Waals surface area contributed by atoms with E-state index in [1.54, 1.807) is 0 Å². The Balaban J connectivity index is 1.75. The van der Waals surface area contributed by atoms with Crippen molar-refractivity contribution in [3.05, 3.63) is 0 Å². The largest absolute Gasteiger partial charge is 0.389 e. The zero-order valence-corrected chi connectivity index (χ0v) is 11.4. The lowest BCUT2D eigenvalue weighted by Gasteiger charge is -2.25. The molecule has 104 valence electrons. The molecule has 0 heterocycles. The molecule has 2 fully saturated rings. The molecule has 3 heteroatoms. The van der Waals surface area contributed by atoms with Crippen LogP contribution in [-0.4, -0.2) is 22.7 Å². The summed E-state index contributed by atoms with van der Waals surface area (Å²) in [6, 6.07) is 0.350. The van der Waals surface area contributed by atoms with E-state index < -0.39 is 5.60 Å². The number of nitrogens with one attached hydrogen (secondary N) is 1. The Hall–Kier alpha value is -0.570. The highest BCUT2D eigenvalue weighted by Gasteiger charge is 2.33. The van der Waals surface area contributed by atoms with Crippen LogP contribution in [0, 0.1) is 0 Å². The van der Waals surface area contributed by atoms with Crippen molar-refractivity contribution < 1.29 is 9.90 Å². The molecular weight excluding hydrogens is 226 g/mol. The maximum Gasteiger partial charge on any atom is 0.223 e. The Bertz CT molecular complexity index is 264. The van der Waals surface area contributed by atoms with E-state index in [2.05, 4.69) is 5.32 Å². The summed E-state index contributed by atoms with van der Waals surface area (Å²) in [5, 5.41) is 13.4. The van der Waals surface area contributed by atoms with Crippen LogP contribution >= 0.6 is 0 Å². The molecule has 1 amide bonds. The average molecular weight is 253 g/mol. The summed E-state index contributed by atoms with van der Waals surface area (Å²) < 4.78 is 0. The number of rotatable bonds is 3. The van der Waals surface area contributed by atoms with E-state index in [1.807, 2.05) is 0 Å². The molecule has 2 saturated carbocycles. The second-order valence-corrected chi connectivity index (χ2v) is 6.22. The maximum absolute atomic E-state index is 12.0. The molecule has 0 bridgehead atoms. The van der Waals surface area contributed by atoms with E-state index in [0.29, 0.717) is 12.5 Å². The van der Waals surface area contributed by atoms with E-state index in [0.717, 1.165) is 38.5 Å². The van der Waals surface area contributed by atoms with Crippen LogP contribution in [0.4, 0.5) is 0 Å². The predicted octanol–water partition coefficient (Wildman–Crippen LogP) is 2.91. The monoisotopic (exact) mass is 253 g/mol. The third kappa shape index (κ3) is 4.27. The standard InChI is InChI=1S/C15H27NO2/c17-14(12-15(18)10-6-7-11-15)16-13-8-4-2-1-3-5-9-13/h13,18H,1-12H2,(H,16,17). The molecule has 18 heavy (non-hydrogen) atoms. The molecule has 3 nitrogen and oxygen atoms in total. The second-order valence-electron chi connectivity index (χ2n) is 6.22. The lowest BCUT2D eigenvalue weighted by Crippen LogP contribution is -2.40. The molecule has 2 aliphatic carbocycles. The number of carbonyl (C=O) groups is 1. The van der Waals surface area contributed by atoms with Crippen LogP contribution in [0.3, 0.4) is 0 Å². The van der Waals surface area contributed by atoms with Gasteiger partial charge in [-0.1, -0.05) is 44.9 Å². The van der Waals surface area contributed by atoms with Crippen LogP contribution in [-0.2, 0) is 4.79 Å². The Kier molecular flexibility index (Phi) is 5.04. The summed E-state index contributed by atoms with van der Waals surface area (Å²) in [5.41, 5.74) is -0.703. The van der Waals surface area contributed by atoms with E-state index in [-0.39, 0.29) is 5.91 Å². The van der Waals surface area contributed by atoms with Gasteiger partial charge in [0, 0.05) is 6.04 Å². The SMILES string of the molecule is O=C(CC1(O)CCCC1)NC1CCCCCCC1. The predicted molar refractivity (Wildman–Crippen MR) is 72.3 cm³/mol. The minimum absolute atomic E-state index is 0.0602. The van der Waals surface area contributed by atoms with Gasteiger partial charge >= 0.3 is 0 Å². The number of hydrogen-bond donors (Lipinski definition) is 2. The normalized spacial score (nSPS) is 25.4. The van der Waals surface area contributed by atoms with Crippen molar-refractivity contribution in [1.82, 2.24) is 5.32 Å². The Morgan fingerprint density at radius 3 is 2.17 bits per heavy atom. The molecule has 0 radical (unpaired) electrons. The molecule has 2 aliphatic rings. The fraction of sp³-hybridized carbons (Fsp3) is 0.933. The smallest absolute Gasteiger partial charge is 0.223 e.